The van der Waals surface area contributed by atoms with Gasteiger partial charge in [-0.2, -0.15) is 0 Å². The van der Waals surface area contributed by atoms with Crippen molar-refractivity contribution in [1.82, 2.24) is 4.90 Å². The number of ether oxygens (including phenoxy) is 1. The van der Waals surface area contributed by atoms with Crippen molar-refractivity contribution < 1.29 is 4.74 Å². The van der Waals surface area contributed by atoms with Gasteiger partial charge < -0.3 is 10.5 Å². The molecule has 1 saturated heterocycles. The molecule has 0 spiro atoms. The second kappa shape index (κ2) is 6.02. The van der Waals surface area contributed by atoms with E-state index in [1.807, 2.05) is 0 Å². The van der Waals surface area contributed by atoms with E-state index >= 15 is 0 Å². The number of terminal acetylenes is 1. The molecule has 1 aliphatic rings. The normalized spacial score (nSPS) is 28.6. The molecule has 1 heterocycles. The lowest BCUT2D eigenvalue weighted by Crippen LogP contribution is -2.48. The molecule has 0 amide bonds. The van der Waals surface area contributed by atoms with Crippen molar-refractivity contribution in [3.8, 4) is 12.3 Å². The van der Waals surface area contributed by atoms with Crippen LogP contribution in [0.25, 0.3) is 0 Å². The first-order chi connectivity index (χ1) is 6.81. The molecule has 0 aromatic rings. The van der Waals surface area contributed by atoms with Gasteiger partial charge in [-0.1, -0.05) is 0 Å². The van der Waals surface area contributed by atoms with E-state index in [1.54, 1.807) is 7.11 Å². The molecule has 1 rings (SSSR count). The third kappa shape index (κ3) is 2.98. The number of piperidine rings is 1. The highest BCUT2D eigenvalue weighted by atomic mass is 16.5. The van der Waals surface area contributed by atoms with Gasteiger partial charge in [-0.05, 0) is 12.8 Å². The van der Waals surface area contributed by atoms with Gasteiger partial charge in [-0.3, -0.25) is 4.90 Å². The van der Waals surface area contributed by atoms with Crippen molar-refractivity contribution in [2.24, 2.45) is 5.73 Å². The van der Waals surface area contributed by atoms with Crippen molar-refractivity contribution in [2.45, 2.75) is 31.4 Å². The van der Waals surface area contributed by atoms with Gasteiger partial charge in [0.2, 0.25) is 0 Å². The number of methoxy groups -OCH3 is 1. The van der Waals surface area contributed by atoms with Crippen LogP contribution in [0.1, 0.15) is 19.3 Å². The maximum Gasteiger partial charge on any atom is 0.0599 e. The van der Waals surface area contributed by atoms with Crippen molar-refractivity contribution in [3.63, 3.8) is 0 Å². The summed E-state index contributed by atoms with van der Waals surface area (Å²) in [6, 6.07) is 0.446. The van der Waals surface area contributed by atoms with Gasteiger partial charge in [-0.25, -0.2) is 0 Å². The first kappa shape index (κ1) is 11.5. The van der Waals surface area contributed by atoms with Gasteiger partial charge >= 0.3 is 0 Å². The van der Waals surface area contributed by atoms with Gasteiger partial charge in [0.25, 0.3) is 0 Å². The first-order valence-corrected chi connectivity index (χ1v) is 5.22. The zero-order valence-corrected chi connectivity index (χ0v) is 8.91. The van der Waals surface area contributed by atoms with Crippen molar-refractivity contribution >= 4 is 0 Å². The predicted molar refractivity (Wildman–Crippen MR) is 57.9 cm³/mol. The summed E-state index contributed by atoms with van der Waals surface area (Å²) < 4.78 is 5.35. The fourth-order valence-electron chi connectivity index (χ4n) is 2.02. The largest absolute Gasteiger partial charge is 0.381 e. The van der Waals surface area contributed by atoms with Crippen molar-refractivity contribution in [2.75, 3.05) is 26.7 Å². The highest BCUT2D eigenvalue weighted by Gasteiger charge is 2.26. The molecule has 80 valence electrons. The lowest BCUT2D eigenvalue weighted by Gasteiger charge is -2.38. The molecule has 14 heavy (non-hydrogen) atoms. The summed E-state index contributed by atoms with van der Waals surface area (Å²) in [5.41, 5.74) is 5.73. The quantitative estimate of drug-likeness (QED) is 0.663. The van der Waals surface area contributed by atoms with Crippen LogP contribution in [0.15, 0.2) is 0 Å². The summed E-state index contributed by atoms with van der Waals surface area (Å²) in [5.74, 6) is 2.67. The van der Waals surface area contributed by atoms with E-state index in [2.05, 4.69) is 10.8 Å². The lowest BCUT2D eigenvalue weighted by molar-refractivity contribution is 0.0142. The zero-order valence-electron chi connectivity index (χ0n) is 8.91. The molecule has 0 radical (unpaired) electrons. The summed E-state index contributed by atoms with van der Waals surface area (Å²) in [6.45, 7) is 2.72. The fourth-order valence-corrected chi connectivity index (χ4v) is 2.02. The van der Waals surface area contributed by atoms with Gasteiger partial charge in [0.05, 0.1) is 6.10 Å². The van der Waals surface area contributed by atoms with E-state index in [0.717, 1.165) is 32.4 Å². The van der Waals surface area contributed by atoms with Gasteiger partial charge in [0.1, 0.15) is 0 Å². The van der Waals surface area contributed by atoms with E-state index in [9.17, 15) is 0 Å². The molecule has 2 N–H and O–H groups in total. The van der Waals surface area contributed by atoms with E-state index in [4.69, 9.17) is 16.9 Å². The average Bonchev–Trinajstić information content (AvgIpc) is 2.26. The standard InChI is InChI=1S/C11H20N2O/c1-3-4-6-13-7-5-11(14-2)8-10(13)9-12/h1,10-11H,4-9,12H2,2H3. The molecule has 1 aliphatic heterocycles. The van der Waals surface area contributed by atoms with Gasteiger partial charge in [0, 0.05) is 39.2 Å². The fraction of sp³-hybridized carbons (Fsp3) is 0.818. The monoisotopic (exact) mass is 196 g/mol. The van der Waals surface area contributed by atoms with Crippen LogP contribution in [0.3, 0.4) is 0 Å². The Morgan fingerprint density at radius 1 is 1.64 bits per heavy atom. The van der Waals surface area contributed by atoms with Crippen molar-refractivity contribution in [1.29, 1.82) is 0 Å². The molecular formula is C11H20N2O. The Balaban J connectivity index is 2.40. The maximum atomic E-state index is 5.73. The molecule has 1 fully saturated rings. The summed E-state index contributed by atoms with van der Waals surface area (Å²) >= 11 is 0. The van der Waals surface area contributed by atoms with Crippen LogP contribution in [0.5, 0.6) is 0 Å². The van der Waals surface area contributed by atoms with Crippen LogP contribution in [0.2, 0.25) is 0 Å². The molecule has 0 aromatic carbocycles. The van der Waals surface area contributed by atoms with Crippen LogP contribution in [-0.2, 0) is 4.74 Å². The second-order valence-electron chi connectivity index (χ2n) is 3.76. The van der Waals surface area contributed by atoms with Gasteiger partial charge in [-0.15, -0.1) is 12.3 Å². The average molecular weight is 196 g/mol. The topological polar surface area (TPSA) is 38.5 Å². The summed E-state index contributed by atoms with van der Waals surface area (Å²) in [6.07, 6.45) is 8.58. The smallest absolute Gasteiger partial charge is 0.0599 e. The summed E-state index contributed by atoms with van der Waals surface area (Å²) in [7, 11) is 1.77. The van der Waals surface area contributed by atoms with Crippen LogP contribution < -0.4 is 5.73 Å². The van der Waals surface area contributed by atoms with Crippen LogP contribution in [-0.4, -0.2) is 43.8 Å². The van der Waals surface area contributed by atoms with Crippen LogP contribution in [0.4, 0.5) is 0 Å². The minimum atomic E-state index is 0.380. The Bertz CT molecular complexity index is 200. The Morgan fingerprint density at radius 3 is 3.00 bits per heavy atom. The van der Waals surface area contributed by atoms with Crippen molar-refractivity contribution in [3.05, 3.63) is 0 Å². The third-order valence-electron chi connectivity index (χ3n) is 2.94. The minimum absolute atomic E-state index is 0.380. The maximum absolute atomic E-state index is 5.73. The predicted octanol–water partition coefficient (Wildman–Crippen LogP) is 0.448. The minimum Gasteiger partial charge on any atom is -0.381 e. The van der Waals surface area contributed by atoms with Crippen LogP contribution in [0, 0.1) is 12.3 Å². The molecule has 2 unspecified atom stereocenters. The SMILES string of the molecule is C#CCCN1CCC(OC)CC1CN. The van der Waals surface area contributed by atoms with E-state index in [0.29, 0.717) is 18.7 Å². The number of rotatable bonds is 4. The van der Waals surface area contributed by atoms with E-state index in [1.165, 1.54) is 0 Å². The van der Waals surface area contributed by atoms with Crippen LogP contribution >= 0.6 is 0 Å². The number of hydrogen-bond donors (Lipinski definition) is 1. The molecule has 0 bridgehead atoms. The Labute approximate surface area is 86.6 Å². The molecular weight excluding hydrogens is 176 g/mol. The molecule has 0 aromatic heterocycles. The molecule has 2 atom stereocenters. The van der Waals surface area contributed by atoms with Gasteiger partial charge in [0.15, 0.2) is 0 Å². The number of hydrogen-bond acceptors (Lipinski definition) is 3. The van der Waals surface area contributed by atoms with E-state index < -0.39 is 0 Å². The molecule has 0 aliphatic carbocycles. The Hall–Kier alpha value is -0.560. The first-order valence-electron chi connectivity index (χ1n) is 5.22. The zero-order chi connectivity index (χ0) is 10.4. The second-order valence-corrected chi connectivity index (χ2v) is 3.76. The number of nitrogens with two attached hydrogens (primary N) is 1. The molecule has 0 saturated carbocycles. The lowest BCUT2D eigenvalue weighted by atomic mass is 9.99. The highest BCUT2D eigenvalue weighted by Crippen LogP contribution is 2.18. The summed E-state index contributed by atoms with van der Waals surface area (Å²) in [5, 5.41) is 0. The Kier molecular flexibility index (Phi) is 4.95. The molecule has 3 nitrogen and oxygen atoms in total. The molecule has 3 heteroatoms. The summed E-state index contributed by atoms with van der Waals surface area (Å²) in [4.78, 5) is 2.38. The highest BCUT2D eigenvalue weighted by molar-refractivity contribution is 4.88. The number of nitrogens with zero attached hydrogens (tertiary/aromatic N) is 1. The van der Waals surface area contributed by atoms with E-state index in [-0.39, 0.29) is 0 Å². The number of likely N-dealkylation sites (tertiary alicyclic amines) is 1. The Morgan fingerprint density at radius 2 is 2.43 bits per heavy atom. The third-order valence-corrected chi connectivity index (χ3v) is 2.94.